The van der Waals surface area contributed by atoms with Crippen LogP contribution in [0.25, 0.3) is 0 Å². The van der Waals surface area contributed by atoms with E-state index in [0.717, 1.165) is 5.56 Å². The zero-order chi connectivity index (χ0) is 11.5. The molecule has 2 aromatic rings. The first-order valence-corrected chi connectivity index (χ1v) is 4.82. The summed E-state index contributed by atoms with van der Waals surface area (Å²) in [4.78, 5) is 11.7. The summed E-state index contributed by atoms with van der Waals surface area (Å²) in [7, 11) is 0. The van der Waals surface area contributed by atoms with E-state index in [4.69, 9.17) is 4.42 Å². The van der Waals surface area contributed by atoms with E-state index in [1.54, 1.807) is 31.2 Å². The maximum atomic E-state index is 11.7. The number of phenolic OH excluding ortho intramolecular Hbond substituents is 1. The number of hydrogen-bond donors (Lipinski definition) is 2. The van der Waals surface area contributed by atoms with Gasteiger partial charge in [-0.3, -0.25) is 4.79 Å². The van der Waals surface area contributed by atoms with Crippen LogP contribution in [0.15, 0.2) is 41.0 Å². The molecule has 0 saturated carbocycles. The third-order valence-corrected chi connectivity index (χ3v) is 2.22. The molecule has 0 aliphatic rings. The zero-order valence-corrected chi connectivity index (χ0v) is 8.73. The van der Waals surface area contributed by atoms with Crippen LogP contribution in [-0.2, 0) is 0 Å². The van der Waals surface area contributed by atoms with E-state index < -0.39 is 0 Å². The molecular weight excluding hydrogens is 206 g/mol. The van der Waals surface area contributed by atoms with Crippen molar-refractivity contribution in [3.8, 4) is 5.75 Å². The van der Waals surface area contributed by atoms with Gasteiger partial charge in [-0.25, -0.2) is 0 Å². The van der Waals surface area contributed by atoms with Gasteiger partial charge in [-0.2, -0.15) is 0 Å². The monoisotopic (exact) mass is 217 g/mol. The number of para-hydroxylation sites is 2. The summed E-state index contributed by atoms with van der Waals surface area (Å²) in [5, 5.41) is 12.1. The van der Waals surface area contributed by atoms with Gasteiger partial charge < -0.3 is 14.8 Å². The van der Waals surface area contributed by atoms with Gasteiger partial charge in [-0.1, -0.05) is 12.1 Å². The van der Waals surface area contributed by atoms with Crippen LogP contribution in [0.1, 0.15) is 16.1 Å². The summed E-state index contributed by atoms with van der Waals surface area (Å²) < 4.78 is 5.04. The summed E-state index contributed by atoms with van der Waals surface area (Å²) in [6, 6.07) is 8.24. The maximum Gasteiger partial charge on any atom is 0.291 e. The Labute approximate surface area is 92.5 Å². The number of anilines is 1. The number of aryl methyl sites for hydroxylation is 1. The standard InChI is InChI=1S/C12H11NO3/c1-8-6-7-16-11(8)12(15)13-9-4-2-3-5-10(9)14/h2-7,14H,1H3,(H,13,15). The summed E-state index contributed by atoms with van der Waals surface area (Å²) >= 11 is 0. The number of nitrogens with one attached hydrogen (secondary N) is 1. The van der Waals surface area contributed by atoms with Gasteiger partial charge in [0.1, 0.15) is 5.75 Å². The van der Waals surface area contributed by atoms with Gasteiger partial charge in [0.15, 0.2) is 5.76 Å². The Hall–Kier alpha value is -2.23. The van der Waals surface area contributed by atoms with Crippen LogP contribution in [0.5, 0.6) is 5.75 Å². The number of benzene rings is 1. The largest absolute Gasteiger partial charge is 0.506 e. The van der Waals surface area contributed by atoms with Crippen LogP contribution >= 0.6 is 0 Å². The predicted octanol–water partition coefficient (Wildman–Crippen LogP) is 2.55. The fraction of sp³-hybridized carbons (Fsp3) is 0.0833. The van der Waals surface area contributed by atoms with Gasteiger partial charge in [0, 0.05) is 5.56 Å². The van der Waals surface area contributed by atoms with E-state index in [2.05, 4.69) is 5.32 Å². The molecule has 0 saturated heterocycles. The van der Waals surface area contributed by atoms with Gasteiger partial charge in [0.05, 0.1) is 12.0 Å². The summed E-state index contributed by atoms with van der Waals surface area (Å²) in [6.45, 7) is 1.78. The lowest BCUT2D eigenvalue weighted by Crippen LogP contribution is -2.12. The Kier molecular flexibility index (Phi) is 2.64. The second-order valence-electron chi connectivity index (χ2n) is 3.40. The first-order valence-electron chi connectivity index (χ1n) is 4.82. The first-order chi connectivity index (χ1) is 7.68. The van der Waals surface area contributed by atoms with Crippen molar-refractivity contribution in [2.24, 2.45) is 0 Å². The van der Waals surface area contributed by atoms with E-state index in [0.29, 0.717) is 5.69 Å². The van der Waals surface area contributed by atoms with Gasteiger partial charge in [0.25, 0.3) is 5.91 Å². The minimum Gasteiger partial charge on any atom is -0.506 e. The number of hydrogen-bond acceptors (Lipinski definition) is 3. The van der Waals surface area contributed by atoms with Crippen LogP contribution in [-0.4, -0.2) is 11.0 Å². The van der Waals surface area contributed by atoms with Crippen molar-refractivity contribution < 1.29 is 14.3 Å². The Bertz CT molecular complexity index is 516. The third-order valence-electron chi connectivity index (χ3n) is 2.22. The van der Waals surface area contributed by atoms with Crippen molar-refractivity contribution in [3.63, 3.8) is 0 Å². The molecule has 2 N–H and O–H groups in total. The summed E-state index contributed by atoms with van der Waals surface area (Å²) in [6.07, 6.45) is 1.45. The lowest BCUT2D eigenvalue weighted by Gasteiger charge is -2.05. The van der Waals surface area contributed by atoms with Crippen LogP contribution in [0.2, 0.25) is 0 Å². The fourth-order valence-corrected chi connectivity index (χ4v) is 1.36. The molecule has 0 atom stereocenters. The Morgan fingerprint density at radius 2 is 2.06 bits per heavy atom. The summed E-state index contributed by atoms with van der Waals surface area (Å²) in [5.41, 5.74) is 1.12. The smallest absolute Gasteiger partial charge is 0.291 e. The molecule has 0 fully saturated rings. The predicted molar refractivity (Wildman–Crippen MR) is 59.5 cm³/mol. The number of phenols is 1. The molecular formula is C12H11NO3. The number of amides is 1. The zero-order valence-electron chi connectivity index (χ0n) is 8.73. The van der Waals surface area contributed by atoms with Crippen molar-refractivity contribution in [2.45, 2.75) is 6.92 Å². The number of carbonyl (C=O) groups excluding carboxylic acids is 1. The van der Waals surface area contributed by atoms with Crippen LogP contribution in [0, 0.1) is 6.92 Å². The Balaban J connectivity index is 2.21. The highest BCUT2D eigenvalue weighted by molar-refractivity contribution is 6.03. The highest BCUT2D eigenvalue weighted by Crippen LogP contribution is 2.22. The second-order valence-corrected chi connectivity index (χ2v) is 3.40. The first kappa shape index (κ1) is 10.3. The lowest BCUT2D eigenvalue weighted by atomic mass is 10.2. The molecule has 0 radical (unpaired) electrons. The molecule has 82 valence electrons. The van der Waals surface area contributed by atoms with Crippen molar-refractivity contribution in [1.82, 2.24) is 0 Å². The average molecular weight is 217 g/mol. The average Bonchev–Trinajstić information content (AvgIpc) is 2.68. The Morgan fingerprint density at radius 3 is 2.69 bits per heavy atom. The van der Waals surface area contributed by atoms with Gasteiger partial charge in [-0.05, 0) is 25.1 Å². The quantitative estimate of drug-likeness (QED) is 0.760. The van der Waals surface area contributed by atoms with Crippen molar-refractivity contribution in [3.05, 3.63) is 47.9 Å². The van der Waals surface area contributed by atoms with E-state index in [1.807, 2.05) is 0 Å². The van der Waals surface area contributed by atoms with Crippen molar-refractivity contribution >= 4 is 11.6 Å². The lowest BCUT2D eigenvalue weighted by molar-refractivity contribution is 0.0995. The topological polar surface area (TPSA) is 62.5 Å². The van der Waals surface area contributed by atoms with Gasteiger partial charge >= 0.3 is 0 Å². The molecule has 1 aromatic carbocycles. The molecule has 4 nitrogen and oxygen atoms in total. The molecule has 1 amide bonds. The van der Waals surface area contributed by atoms with Gasteiger partial charge in [0.2, 0.25) is 0 Å². The summed E-state index contributed by atoms with van der Waals surface area (Å²) in [5.74, 6) is -0.0905. The van der Waals surface area contributed by atoms with Crippen LogP contribution < -0.4 is 5.32 Å². The number of furan rings is 1. The highest BCUT2D eigenvalue weighted by Gasteiger charge is 2.13. The molecule has 2 rings (SSSR count). The van der Waals surface area contributed by atoms with E-state index >= 15 is 0 Å². The fourth-order valence-electron chi connectivity index (χ4n) is 1.36. The molecule has 0 bridgehead atoms. The third kappa shape index (κ3) is 1.91. The van der Waals surface area contributed by atoms with Crippen molar-refractivity contribution in [1.29, 1.82) is 0 Å². The number of rotatable bonds is 2. The normalized spacial score (nSPS) is 10.1. The number of carbonyl (C=O) groups is 1. The van der Waals surface area contributed by atoms with Crippen molar-refractivity contribution in [2.75, 3.05) is 5.32 Å². The minimum absolute atomic E-state index is 0.0278. The molecule has 0 unspecified atom stereocenters. The highest BCUT2D eigenvalue weighted by atomic mass is 16.3. The molecule has 0 aliphatic heterocycles. The van der Waals surface area contributed by atoms with E-state index in [9.17, 15) is 9.90 Å². The maximum absolute atomic E-state index is 11.7. The molecule has 0 spiro atoms. The van der Waals surface area contributed by atoms with Crippen LogP contribution in [0.3, 0.4) is 0 Å². The van der Waals surface area contributed by atoms with E-state index in [-0.39, 0.29) is 17.4 Å². The molecule has 16 heavy (non-hydrogen) atoms. The Morgan fingerprint density at radius 1 is 1.31 bits per heavy atom. The van der Waals surface area contributed by atoms with Gasteiger partial charge in [-0.15, -0.1) is 0 Å². The van der Waals surface area contributed by atoms with Crippen LogP contribution in [0.4, 0.5) is 5.69 Å². The SMILES string of the molecule is Cc1ccoc1C(=O)Nc1ccccc1O. The molecule has 1 heterocycles. The minimum atomic E-state index is -0.371. The van der Waals surface area contributed by atoms with E-state index in [1.165, 1.54) is 12.3 Å². The molecule has 1 aromatic heterocycles. The second kappa shape index (κ2) is 4.10. The molecule has 4 heteroatoms. The molecule has 0 aliphatic carbocycles. The number of aromatic hydroxyl groups is 1.